The van der Waals surface area contributed by atoms with Gasteiger partial charge in [-0.3, -0.25) is 0 Å². The summed E-state index contributed by atoms with van der Waals surface area (Å²) in [6, 6.07) is 5.62. The summed E-state index contributed by atoms with van der Waals surface area (Å²) in [6.45, 7) is 7.22. The Morgan fingerprint density at radius 1 is 1.28 bits per heavy atom. The van der Waals surface area contributed by atoms with Gasteiger partial charge in [0.1, 0.15) is 5.82 Å². The first kappa shape index (κ1) is 15.0. The Balaban J connectivity index is 2.99. The molecule has 1 rings (SSSR count). The van der Waals surface area contributed by atoms with Crippen LogP contribution in [0.2, 0.25) is 0 Å². The van der Waals surface area contributed by atoms with Crippen LogP contribution in [0.25, 0.3) is 0 Å². The minimum Gasteiger partial charge on any atom is -0.369 e. The van der Waals surface area contributed by atoms with Gasteiger partial charge in [0.25, 0.3) is 0 Å². The summed E-state index contributed by atoms with van der Waals surface area (Å²) in [5.41, 5.74) is 1.73. The molecule has 0 heterocycles. The van der Waals surface area contributed by atoms with Gasteiger partial charge in [-0.05, 0) is 37.9 Å². The lowest BCUT2D eigenvalue weighted by Crippen LogP contribution is -2.32. The Morgan fingerprint density at radius 2 is 1.94 bits per heavy atom. The molecule has 0 amide bonds. The summed E-state index contributed by atoms with van der Waals surface area (Å²) in [5, 5.41) is 3.09. The molecule has 0 radical (unpaired) electrons. The summed E-state index contributed by atoms with van der Waals surface area (Å²) >= 11 is 0. The zero-order chi connectivity index (χ0) is 13.7. The topological polar surface area (TPSA) is 15.3 Å². The number of nitrogens with one attached hydrogen (secondary N) is 1. The minimum absolute atomic E-state index is 0.138. The molecule has 0 fully saturated rings. The maximum atomic E-state index is 14.1. The number of nitrogens with zero attached hydrogens (tertiary/aromatic N) is 1. The SMILES string of the molecule is CNCc1cccc(F)c1N(C)C(C)CC(C)C. The number of rotatable bonds is 6. The molecule has 0 aliphatic carbocycles. The van der Waals surface area contributed by atoms with Crippen LogP contribution >= 0.6 is 0 Å². The third kappa shape index (κ3) is 3.70. The standard InChI is InChI=1S/C15H25FN2/c1-11(2)9-12(3)18(5)15-13(10-17-4)7-6-8-14(15)16/h6-8,11-12,17H,9-10H2,1-5H3. The van der Waals surface area contributed by atoms with E-state index in [4.69, 9.17) is 0 Å². The zero-order valence-corrected chi connectivity index (χ0v) is 12.1. The Kier molecular flexibility index (Phi) is 5.60. The zero-order valence-electron chi connectivity index (χ0n) is 12.1. The molecule has 18 heavy (non-hydrogen) atoms. The van der Waals surface area contributed by atoms with E-state index in [-0.39, 0.29) is 5.82 Å². The van der Waals surface area contributed by atoms with Crippen molar-refractivity contribution < 1.29 is 4.39 Å². The van der Waals surface area contributed by atoms with E-state index in [1.165, 1.54) is 6.07 Å². The van der Waals surface area contributed by atoms with Crippen molar-refractivity contribution in [3.8, 4) is 0 Å². The molecule has 1 atom stereocenters. The molecule has 2 nitrogen and oxygen atoms in total. The summed E-state index contributed by atoms with van der Waals surface area (Å²) in [4.78, 5) is 2.06. The average Bonchev–Trinajstić information content (AvgIpc) is 2.28. The first-order valence-corrected chi connectivity index (χ1v) is 6.62. The summed E-state index contributed by atoms with van der Waals surface area (Å²) in [7, 11) is 3.86. The highest BCUT2D eigenvalue weighted by molar-refractivity contribution is 5.55. The lowest BCUT2D eigenvalue weighted by atomic mass is 10.0. The number of halogens is 1. The molecule has 1 aromatic carbocycles. The monoisotopic (exact) mass is 252 g/mol. The second kappa shape index (κ2) is 6.74. The fourth-order valence-electron chi connectivity index (χ4n) is 2.35. The molecule has 1 aromatic rings. The first-order valence-electron chi connectivity index (χ1n) is 6.62. The van der Waals surface area contributed by atoms with Gasteiger partial charge in [0, 0.05) is 19.6 Å². The Morgan fingerprint density at radius 3 is 2.50 bits per heavy atom. The third-order valence-corrected chi connectivity index (χ3v) is 3.26. The van der Waals surface area contributed by atoms with Crippen molar-refractivity contribution in [1.82, 2.24) is 5.32 Å². The lowest BCUT2D eigenvalue weighted by molar-refractivity contribution is 0.496. The molecule has 0 aromatic heterocycles. The maximum Gasteiger partial charge on any atom is 0.146 e. The fourth-order valence-corrected chi connectivity index (χ4v) is 2.35. The lowest BCUT2D eigenvalue weighted by Gasteiger charge is -2.30. The number of para-hydroxylation sites is 1. The molecule has 102 valence electrons. The van der Waals surface area contributed by atoms with Gasteiger partial charge in [0.05, 0.1) is 5.69 Å². The minimum atomic E-state index is -0.138. The van der Waals surface area contributed by atoms with Crippen LogP contribution < -0.4 is 10.2 Å². The fraction of sp³-hybridized carbons (Fsp3) is 0.600. The molecule has 0 spiro atoms. The van der Waals surface area contributed by atoms with Crippen LogP contribution in [0.15, 0.2) is 18.2 Å². The molecule has 0 saturated carbocycles. The van der Waals surface area contributed by atoms with Gasteiger partial charge in [-0.1, -0.05) is 26.0 Å². The molecule has 1 N–H and O–H groups in total. The highest BCUT2D eigenvalue weighted by atomic mass is 19.1. The normalized spacial score (nSPS) is 12.8. The van der Waals surface area contributed by atoms with Gasteiger partial charge >= 0.3 is 0 Å². The van der Waals surface area contributed by atoms with E-state index < -0.39 is 0 Å². The van der Waals surface area contributed by atoms with Crippen LogP contribution in [0.3, 0.4) is 0 Å². The summed E-state index contributed by atoms with van der Waals surface area (Å²) in [5.74, 6) is 0.475. The Labute approximate surface area is 110 Å². The summed E-state index contributed by atoms with van der Waals surface area (Å²) < 4.78 is 14.1. The largest absolute Gasteiger partial charge is 0.369 e. The van der Waals surface area contributed by atoms with E-state index in [0.29, 0.717) is 18.5 Å². The van der Waals surface area contributed by atoms with Crippen molar-refractivity contribution in [2.75, 3.05) is 19.0 Å². The summed E-state index contributed by atoms with van der Waals surface area (Å²) in [6.07, 6.45) is 1.06. The van der Waals surface area contributed by atoms with Gasteiger partial charge < -0.3 is 10.2 Å². The van der Waals surface area contributed by atoms with Crippen molar-refractivity contribution in [3.63, 3.8) is 0 Å². The van der Waals surface area contributed by atoms with Crippen molar-refractivity contribution in [1.29, 1.82) is 0 Å². The molecular formula is C15H25FN2. The number of hydrogen-bond acceptors (Lipinski definition) is 2. The second-order valence-corrected chi connectivity index (χ2v) is 5.37. The number of hydrogen-bond donors (Lipinski definition) is 1. The van der Waals surface area contributed by atoms with E-state index in [0.717, 1.165) is 17.7 Å². The van der Waals surface area contributed by atoms with Gasteiger partial charge in [-0.2, -0.15) is 0 Å². The number of benzene rings is 1. The predicted molar refractivity (Wildman–Crippen MR) is 76.5 cm³/mol. The molecule has 0 aliphatic heterocycles. The van der Waals surface area contributed by atoms with Crippen LogP contribution in [0.1, 0.15) is 32.8 Å². The third-order valence-electron chi connectivity index (χ3n) is 3.26. The van der Waals surface area contributed by atoms with Gasteiger partial charge in [0.2, 0.25) is 0 Å². The van der Waals surface area contributed by atoms with Crippen molar-refractivity contribution in [2.45, 2.75) is 39.8 Å². The molecule has 0 aliphatic rings. The highest BCUT2D eigenvalue weighted by Crippen LogP contribution is 2.26. The predicted octanol–water partition coefficient (Wildman–Crippen LogP) is 3.42. The molecule has 1 unspecified atom stereocenters. The van der Waals surface area contributed by atoms with E-state index in [2.05, 4.69) is 31.0 Å². The molecule has 3 heteroatoms. The quantitative estimate of drug-likeness (QED) is 0.834. The smallest absolute Gasteiger partial charge is 0.146 e. The van der Waals surface area contributed by atoms with Crippen LogP contribution in [-0.4, -0.2) is 20.1 Å². The highest BCUT2D eigenvalue weighted by Gasteiger charge is 2.18. The average molecular weight is 252 g/mol. The van der Waals surface area contributed by atoms with Crippen LogP contribution in [0, 0.1) is 11.7 Å². The van der Waals surface area contributed by atoms with E-state index in [1.54, 1.807) is 6.07 Å². The second-order valence-electron chi connectivity index (χ2n) is 5.37. The molecule has 0 saturated heterocycles. The van der Waals surface area contributed by atoms with E-state index >= 15 is 0 Å². The van der Waals surface area contributed by atoms with Crippen LogP contribution in [-0.2, 0) is 6.54 Å². The molecule has 0 bridgehead atoms. The maximum absolute atomic E-state index is 14.1. The van der Waals surface area contributed by atoms with Gasteiger partial charge in [-0.25, -0.2) is 4.39 Å². The molecular weight excluding hydrogens is 227 g/mol. The first-order chi connectivity index (χ1) is 8.47. The van der Waals surface area contributed by atoms with Crippen LogP contribution in [0.4, 0.5) is 10.1 Å². The Hall–Kier alpha value is -1.09. The van der Waals surface area contributed by atoms with E-state index in [1.807, 2.05) is 20.2 Å². The van der Waals surface area contributed by atoms with Gasteiger partial charge in [-0.15, -0.1) is 0 Å². The van der Waals surface area contributed by atoms with Crippen molar-refractivity contribution in [2.24, 2.45) is 5.92 Å². The van der Waals surface area contributed by atoms with Crippen molar-refractivity contribution in [3.05, 3.63) is 29.6 Å². The van der Waals surface area contributed by atoms with Crippen molar-refractivity contribution >= 4 is 5.69 Å². The van der Waals surface area contributed by atoms with Crippen LogP contribution in [0.5, 0.6) is 0 Å². The Bertz CT molecular complexity index is 377. The van der Waals surface area contributed by atoms with Gasteiger partial charge in [0.15, 0.2) is 0 Å². The number of anilines is 1. The van der Waals surface area contributed by atoms with E-state index in [9.17, 15) is 4.39 Å².